The maximum absolute atomic E-state index is 14.0. The first-order valence-corrected chi connectivity index (χ1v) is 9.64. The molecule has 1 aliphatic rings. The molecule has 0 saturated heterocycles. The Balaban J connectivity index is 1.43. The molecule has 1 aliphatic heterocycles. The summed E-state index contributed by atoms with van der Waals surface area (Å²) in [4.78, 5) is 25.1. The molecule has 4 rings (SSSR count). The summed E-state index contributed by atoms with van der Waals surface area (Å²) in [6.07, 6.45) is 0.651. The molecule has 0 spiro atoms. The number of thiophene rings is 1. The van der Waals surface area contributed by atoms with Crippen molar-refractivity contribution in [2.45, 2.75) is 13.3 Å². The van der Waals surface area contributed by atoms with Crippen molar-refractivity contribution in [3.8, 4) is 0 Å². The second kappa shape index (κ2) is 7.52. The van der Waals surface area contributed by atoms with Crippen LogP contribution >= 0.6 is 11.3 Å². The Morgan fingerprint density at radius 3 is 2.71 bits per heavy atom. The molecule has 0 fully saturated rings. The number of esters is 1. The van der Waals surface area contributed by atoms with E-state index in [0.29, 0.717) is 33.5 Å². The van der Waals surface area contributed by atoms with Gasteiger partial charge in [0.2, 0.25) is 0 Å². The van der Waals surface area contributed by atoms with Gasteiger partial charge in [0.05, 0.1) is 12.3 Å². The van der Waals surface area contributed by atoms with E-state index in [1.807, 2.05) is 30.3 Å². The number of hydrazone groups is 1. The molecule has 1 amide bonds. The summed E-state index contributed by atoms with van der Waals surface area (Å²) >= 11 is 1.16. The van der Waals surface area contributed by atoms with Gasteiger partial charge in [-0.3, -0.25) is 4.79 Å². The first kappa shape index (κ1) is 18.3. The monoisotopic (exact) mass is 396 g/mol. The van der Waals surface area contributed by atoms with Crippen LogP contribution in [0, 0.1) is 12.7 Å². The van der Waals surface area contributed by atoms with Crippen molar-refractivity contribution in [1.82, 2.24) is 5.01 Å². The molecule has 0 radical (unpaired) electrons. The van der Waals surface area contributed by atoms with Crippen LogP contribution in [-0.2, 0) is 9.53 Å². The lowest BCUT2D eigenvalue weighted by Crippen LogP contribution is -2.28. The van der Waals surface area contributed by atoms with E-state index in [1.54, 1.807) is 19.1 Å². The van der Waals surface area contributed by atoms with Gasteiger partial charge >= 0.3 is 5.97 Å². The summed E-state index contributed by atoms with van der Waals surface area (Å²) in [6.45, 7) is 1.73. The molecular formula is C21H17FN2O3S. The van der Waals surface area contributed by atoms with Gasteiger partial charge in [0, 0.05) is 16.5 Å². The zero-order chi connectivity index (χ0) is 19.7. The number of amides is 1. The first-order valence-electron chi connectivity index (χ1n) is 8.82. The van der Waals surface area contributed by atoms with Crippen LogP contribution in [0.1, 0.15) is 27.2 Å². The molecule has 0 aliphatic carbocycles. The quantitative estimate of drug-likeness (QED) is 0.623. The fourth-order valence-electron chi connectivity index (χ4n) is 3.19. The zero-order valence-corrected chi connectivity index (χ0v) is 16.0. The number of rotatable bonds is 4. The number of hydrogen-bond donors (Lipinski definition) is 0. The topological polar surface area (TPSA) is 59.0 Å². The highest BCUT2D eigenvalue weighted by molar-refractivity contribution is 7.21. The normalized spacial score (nSPS) is 13.6. The van der Waals surface area contributed by atoms with E-state index in [0.717, 1.165) is 22.6 Å². The average molecular weight is 396 g/mol. The molecule has 0 unspecified atom stereocenters. The minimum absolute atomic E-state index is 0.308. The van der Waals surface area contributed by atoms with Crippen molar-refractivity contribution in [2.75, 3.05) is 13.2 Å². The van der Waals surface area contributed by atoms with Crippen LogP contribution in [0.5, 0.6) is 0 Å². The standard InChI is InChI=1S/C21H17FN2O3S/c1-13-19-15(22)8-5-9-17(19)28-20(13)21(26)27-12-18(25)24-11-10-16(23-24)14-6-3-2-4-7-14/h2-9H,10-12H2,1H3. The number of nitrogens with zero attached hydrogens (tertiary/aromatic N) is 2. The highest BCUT2D eigenvalue weighted by atomic mass is 32.1. The molecule has 7 heteroatoms. The zero-order valence-electron chi connectivity index (χ0n) is 15.1. The Hall–Kier alpha value is -3.06. The molecule has 0 N–H and O–H groups in total. The van der Waals surface area contributed by atoms with E-state index in [2.05, 4.69) is 5.10 Å². The van der Waals surface area contributed by atoms with Gasteiger partial charge in [-0.1, -0.05) is 36.4 Å². The smallest absolute Gasteiger partial charge is 0.349 e. The summed E-state index contributed by atoms with van der Waals surface area (Å²) in [6, 6.07) is 14.3. The third-order valence-corrected chi connectivity index (χ3v) is 5.85. The molecule has 5 nitrogen and oxygen atoms in total. The molecule has 142 valence electrons. The van der Waals surface area contributed by atoms with Crippen LogP contribution in [-0.4, -0.2) is 35.7 Å². The number of hydrogen-bond acceptors (Lipinski definition) is 5. The van der Waals surface area contributed by atoms with Gasteiger partial charge in [-0.05, 0) is 30.2 Å². The van der Waals surface area contributed by atoms with Crippen LogP contribution in [0.2, 0.25) is 0 Å². The third kappa shape index (κ3) is 3.41. The van der Waals surface area contributed by atoms with E-state index in [1.165, 1.54) is 11.1 Å². The number of halogens is 1. The minimum Gasteiger partial charge on any atom is -0.451 e. The molecular weight excluding hydrogens is 379 g/mol. The molecule has 0 bridgehead atoms. The maximum atomic E-state index is 14.0. The molecule has 1 aromatic heterocycles. The number of aryl methyl sites for hydroxylation is 1. The van der Waals surface area contributed by atoms with Crippen LogP contribution in [0.3, 0.4) is 0 Å². The Labute approximate surface area is 165 Å². The second-order valence-corrected chi connectivity index (χ2v) is 7.48. The van der Waals surface area contributed by atoms with Gasteiger partial charge in [-0.15, -0.1) is 11.3 Å². The van der Waals surface area contributed by atoms with E-state index in [4.69, 9.17) is 4.74 Å². The maximum Gasteiger partial charge on any atom is 0.349 e. The lowest BCUT2D eigenvalue weighted by molar-refractivity contribution is -0.134. The largest absolute Gasteiger partial charge is 0.451 e. The molecule has 0 atom stereocenters. The van der Waals surface area contributed by atoms with Crippen LogP contribution in [0.4, 0.5) is 4.39 Å². The average Bonchev–Trinajstić information content (AvgIpc) is 3.33. The lowest BCUT2D eigenvalue weighted by Gasteiger charge is -2.11. The number of fused-ring (bicyclic) bond motifs is 1. The highest BCUT2D eigenvalue weighted by Gasteiger charge is 2.24. The van der Waals surface area contributed by atoms with E-state index >= 15 is 0 Å². The Kier molecular flexibility index (Phi) is 4.92. The predicted octanol–water partition coefficient (Wildman–Crippen LogP) is 4.14. The summed E-state index contributed by atoms with van der Waals surface area (Å²) < 4.78 is 19.9. The Bertz CT molecular complexity index is 1090. The lowest BCUT2D eigenvalue weighted by atomic mass is 10.1. The fourth-order valence-corrected chi connectivity index (χ4v) is 4.30. The Morgan fingerprint density at radius 2 is 1.96 bits per heavy atom. The van der Waals surface area contributed by atoms with Crippen molar-refractivity contribution < 1.29 is 18.7 Å². The van der Waals surface area contributed by atoms with Crippen molar-refractivity contribution in [3.63, 3.8) is 0 Å². The summed E-state index contributed by atoms with van der Waals surface area (Å²) in [5, 5.41) is 6.08. The van der Waals surface area contributed by atoms with Gasteiger partial charge < -0.3 is 4.74 Å². The molecule has 2 aromatic carbocycles. The van der Waals surface area contributed by atoms with Crippen molar-refractivity contribution in [2.24, 2.45) is 5.10 Å². The van der Waals surface area contributed by atoms with Crippen molar-refractivity contribution in [3.05, 3.63) is 70.4 Å². The van der Waals surface area contributed by atoms with Crippen LogP contribution < -0.4 is 0 Å². The SMILES string of the molecule is Cc1c(C(=O)OCC(=O)N2CCC(c3ccccc3)=N2)sc2cccc(F)c12. The molecule has 0 saturated carbocycles. The highest BCUT2D eigenvalue weighted by Crippen LogP contribution is 2.33. The van der Waals surface area contributed by atoms with Crippen LogP contribution in [0.15, 0.2) is 53.6 Å². The van der Waals surface area contributed by atoms with Crippen molar-refractivity contribution >= 4 is 39.0 Å². The predicted molar refractivity (Wildman–Crippen MR) is 106 cm³/mol. The van der Waals surface area contributed by atoms with Gasteiger partial charge in [-0.2, -0.15) is 5.10 Å². The van der Waals surface area contributed by atoms with Gasteiger partial charge in [0.25, 0.3) is 5.91 Å². The van der Waals surface area contributed by atoms with E-state index in [-0.39, 0.29) is 11.7 Å². The summed E-state index contributed by atoms with van der Waals surface area (Å²) in [7, 11) is 0. The number of carbonyl (C=O) groups is 2. The molecule has 28 heavy (non-hydrogen) atoms. The fraction of sp³-hybridized carbons (Fsp3) is 0.190. The van der Waals surface area contributed by atoms with Gasteiger partial charge in [-0.25, -0.2) is 14.2 Å². The molecule has 3 aromatic rings. The van der Waals surface area contributed by atoms with E-state index in [9.17, 15) is 14.0 Å². The number of carbonyl (C=O) groups excluding carboxylic acids is 2. The minimum atomic E-state index is -0.627. The van der Waals surface area contributed by atoms with Crippen molar-refractivity contribution in [1.29, 1.82) is 0 Å². The Morgan fingerprint density at radius 1 is 1.18 bits per heavy atom. The number of ether oxygens (including phenoxy) is 1. The third-order valence-electron chi connectivity index (χ3n) is 4.61. The van der Waals surface area contributed by atoms with Crippen LogP contribution in [0.25, 0.3) is 10.1 Å². The number of benzene rings is 2. The summed E-state index contributed by atoms with van der Waals surface area (Å²) in [5.74, 6) is -1.39. The van der Waals surface area contributed by atoms with E-state index < -0.39 is 12.6 Å². The van der Waals surface area contributed by atoms with Gasteiger partial charge in [0.15, 0.2) is 6.61 Å². The first-order chi connectivity index (χ1) is 13.5. The second-order valence-electron chi connectivity index (χ2n) is 6.42. The van der Waals surface area contributed by atoms with Gasteiger partial charge in [0.1, 0.15) is 10.7 Å². The molecule has 2 heterocycles. The summed E-state index contributed by atoms with van der Waals surface area (Å²) in [5.41, 5.74) is 2.33.